The van der Waals surface area contributed by atoms with E-state index in [0.29, 0.717) is 37.9 Å². The van der Waals surface area contributed by atoms with Gasteiger partial charge in [-0.15, -0.1) is 5.10 Å². The second kappa shape index (κ2) is 9.80. The maximum atomic E-state index is 12.7. The Bertz CT molecular complexity index is 628. The van der Waals surface area contributed by atoms with Gasteiger partial charge in [0.1, 0.15) is 6.61 Å². The third-order valence-electron chi connectivity index (χ3n) is 5.28. The number of carbonyl (C=O) groups is 2. The molecule has 2 aliphatic heterocycles. The van der Waals surface area contributed by atoms with Crippen LogP contribution in [0.2, 0.25) is 0 Å². The zero-order valence-corrected chi connectivity index (χ0v) is 16.1. The van der Waals surface area contributed by atoms with Crippen molar-refractivity contribution in [2.75, 3.05) is 46.4 Å². The molecule has 1 unspecified atom stereocenters. The van der Waals surface area contributed by atoms with Crippen LogP contribution in [0.5, 0.6) is 0 Å². The molecule has 0 aromatic carbocycles. The zero-order chi connectivity index (χ0) is 19.1. The van der Waals surface area contributed by atoms with E-state index in [9.17, 15) is 9.59 Å². The normalized spacial score (nSPS) is 21.1. The lowest BCUT2D eigenvalue weighted by Crippen LogP contribution is -2.38. The highest BCUT2D eigenvalue weighted by atomic mass is 16.5. The van der Waals surface area contributed by atoms with Gasteiger partial charge in [0.2, 0.25) is 5.91 Å². The molecule has 0 radical (unpaired) electrons. The van der Waals surface area contributed by atoms with Crippen molar-refractivity contribution in [1.29, 1.82) is 0 Å². The molecule has 1 aromatic rings. The Labute approximate surface area is 160 Å². The van der Waals surface area contributed by atoms with E-state index in [2.05, 4.69) is 15.6 Å². The molecule has 0 saturated carbocycles. The van der Waals surface area contributed by atoms with Crippen LogP contribution in [-0.2, 0) is 16.1 Å². The van der Waals surface area contributed by atoms with Crippen molar-refractivity contribution in [3.8, 4) is 0 Å². The first-order valence-electron chi connectivity index (χ1n) is 9.87. The molecule has 1 atom stereocenters. The molecular weight excluding hydrogens is 348 g/mol. The van der Waals surface area contributed by atoms with Crippen molar-refractivity contribution in [2.24, 2.45) is 0 Å². The molecule has 2 aliphatic rings. The minimum atomic E-state index is -0.113. The molecule has 150 valence electrons. The van der Waals surface area contributed by atoms with Gasteiger partial charge in [0.15, 0.2) is 5.69 Å². The van der Waals surface area contributed by atoms with E-state index < -0.39 is 0 Å². The minimum Gasteiger partial charge on any atom is -0.375 e. The van der Waals surface area contributed by atoms with Gasteiger partial charge in [0, 0.05) is 45.9 Å². The fourth-order valence-corrected chi connectivity index (χ4v) is 3.71. The third-order valence-corrected chi connectivity index (χ3v) is 5.28. The standard InChI is InChI=1S/C18H30N6O3/c1-27-14-17(25)22-8-4-9-23(12-11-22)18(26)16-13-24(21-20-16)10-6-15-5-2-3-7-19-15/h13,15,19H,2-12,14H2,1H3. The topological polar surface area (TPSA) is 92.6 Å². The molecule has 1 N–H and O–H groups in total. The van der Waals surface area contributed by atoms with Crippen LogP contribution in [0, 0.1) is 0 Å². The maximum Gasteiger partial charge on any atom is 0.276 e. The summed E-state index contributed by atoms with van der Waals surface area (Å²) in [6.07, 6.45) is 7.22. The van der Waals surface area contributed by atoms with E-state index in [4.69, 9.17) is 4.74 Å². The first-order valence-corrected chi connectivity index (χ1v) is 9.87. The number of nitrogens with one attached hydrogen (secondary N) is 1. The molecule has 9 nitrogen and oxygen atoms in total. The molecule has 3 heterocycles. The summed E-state index contributed by atoms with van der Waals surface area (Å²) in [5.41, 5.74) is 0.378. The average molecular weight is 378 g/mol. The Morgan fingerprint density at radius 3 is 2.78 bits per heavy atom. The SMILES string of the molecule is COCC(=O)N1CCCN(C(=O)c2cn(CCC3CCCCN3)nn2)CC1. The van der Waals surface area contributed by atoms with Crippen LogP contribution in [0.3, 0.4) is 0 Å². The van der Waals surface area contributed by atoms with Gasteiger partial charge >= 0.3 is 0 Å². The highest BCUT2D eigenvalue weighted by Crippen LogP contribution is 2.12. The number of hydrogen-bond donors (Lipinski definition) is 1. The van der Waals surface area contributed by atoms with Crippen LogP contribution in [0.1, 0.15) is 42.6 Å². The first-order chi connectivity index (χ1) is 13.2. The second-order valence-corrected chi connectivity index (χ2v) is 7.26. The predicted octanol–water partition coefficient (Wildman–Crippen LogP) is 0.131. The number of aryl methyl sites for hydroxylation is 1. The summed E-state index contributed by atoms with van der Waals surface area (Å²) in [4.78, 5) is 28.2. The number of piperidine rings is 1. The molecule has 0 bridgehead atoms. The Morgan fingerprint density at radius 1 is 1.19 bits per heavy atom. The Balaban J connectivity index is 1.50. The molecule has 1 aromatic heterocycles. The van der Waals surface area contributed by atoms with Crippen LogP contribution in [0.4, 0.5) is 0 Å². The second-order valence-electron chi connectivity index (χ2n) is 7.26. The van der Waals surface area contributed by atoms with Gasteiger partial charge < -0.3 is 19.9 Å². The summed E-state index contributed by atoms with van der Waals surface area (Å²) < 4.78 is 6.67. The summed E-state index contributed by atoms with van der Waals surface area (Å²) in [6.45, 7) is 4.23. The Hall–Kier alpha value is -2.00. The molecule has 0 spiro atoms. The van der Waals surface area contributed by atoms with E-state index in [1.807, 2.05) is 0 Å². The van der Waals surface area contributed by atoms with Crippen molar-refractivity contribution < 1.29 is 14.3 Å². The molecule has 2 fully saturated rings. The van der Waals surface area contributed by atoms with Crippen molar-refractivity contribution in [1.82, 2.24) is 30.1 Å². The monoisotopic (exact) mass is 378 g/mol. The van der Waals surface area contributed by atoms with E-state index in [1.54, 1.807) is 20.7 Å². The summed E-state index contributed by atoms with van der Waals surface area (Å²) >= 11 is 0. The number of carbonyl (C=O) groups excluding carboxylic acids is 2. The van der Waals surface area contributed by atoms with Crippen LogP contribution in [0.15, 0.2) is 6.20 Å². The van der Waals surface area contributed by atoms with Gasteiger partial charge in [0.25, 0.3) is 5.91 Å². The molecule has 2 saturated heterocycles. The fourth-order valence-electron chi connectivity index (χ4n) is 3.71. The number of rotatable bonds is 6. The molecule has 0 aliphatic carbocycles. The molecule has 2 amide bonds. The van der Waals surface area contributed by atoms with Gasteiger partial charge in [-0.3, -0.25) is 14.3 Å². The molecule has 3 rings (SSSR count). The van der Waals surface area contributed by atoms with Crippen molar-refractivity contribution in [2.45, 2.75) is 44.7 Å². The van der Waals surface area contributed by atoms with Crippen molar-refractivity contribution in [3.63, 3.8) is 0 Å². The van der Waals surface area contributed by atoms with Gasteiger partial charge in [-0.1, -0.05) is 11.6 Å². The zero-order valence-electron chi connectivity index (χ0n) is 16.1. The lowest BCUT2D eigenvalue weighted by molar-refractivity contribution is -0.135. The molecule has 27 heavy (non-hydrogen) atoms. The van der Waals surface area contributed by atoms with E-state index in [0.717, 1.165) is 25.9 Å². The molecular formula is C18H30N6O3. The average Bonchev–Trinajstić information content (AvgIpc) is 3.02. The van der Waals surface area contributed by atoms with Gasteiger partial charge in [-0.2, -0.15) is 0 Å². The van der Waals surface area contributed by atoms with Gasteiger partial charge in [0.05, 0.1) is 6.20 Å². The van der Waals surface area contributed by atoms with Crippen molar-refractivity contribution in [3.05, 3.63) is 11.9 Å². The number of hydrogen-bond acceptors (Lipinski definition) is 6. The van der Waals surface area contributed by atoms with Gasteiger partial charge in [-0.25, -0.2) is 0 Å². The number of nitrogens with zero attached hydrogens (tertiary/aromatic N) is 5. The number of ether oxygens (including phenoxy) is 1. The number of amides is 2. The Morgan fingerprint density at radius 2 is 2.00 bits per heavy atom. The maximum absolute atomic E-state index is 12.7. The lowest BCUT2D eigenvalue weighted by Gasteiger charge is -2.23. The first kappa shape index (κ1) is 19.8. The van der Waals surface area contributed by atoms with Gasteiger partial charge in [-0.05, 0) is 32.2 Å². The van der Waals surface area contributed by atoms with Crippen LogP contribution < -0.4 is 5.32 Å². The summed E-state index contributed by atoms with van der Waals surface area (Å²) in [5, 5.41) is 11.7. The van der Waals surface area contributed by atoms with E-state index in [1.165, 1.54) is 26.4 Å². The third kappa shape index (κ3) is 5.49. The van der Waals surface area contributed by atoms with E-state index >= 15 is 0 Å². The van der Waals surface area contributed by atoms with Crippen LogP contribution >= 0.6 is 0 Å². The number of aromatic nitrogens is 3. The van der Waals surface area contributed by atoms with E-state index in [-0.39, 0.29) is 18.4 Å². The Kier molecular flexibility index (Phi) is 7.17. The quantitative estimate of drug-likeness (QED) is 0.757. The summed E-state index contributed by atoms with van der Waals surface area (Å²) in [7, 11) is 1.51. The van der Waals surface area contributed by atoms with Crippen LogP contribution in [0.25, 0.3) is 0 Å². The predicted molar refractivity (Wildman–Crippen MR) is 99.3 cm³/mol. The summed E-state index contributed by atoms with van der Waals surface area (Å²) in [5.74, 6) is -0.146. The highest BCUT2D eigenvalue weighted by Gasteiger charge is 2.24. The smallest absolute Gasteiger partial charge is 0.276 e. The summed E-state index contributed by atoms with van der Waals surface area (Å²) in [6, 6.07) is 0.531. The van der Waals surface area contributed by atoms with Crippen molar-refractivity contribution >= 4 is 11.8 Å². The lowest BCUT2D eigenvalue weighted by atomic mass is 10.0. The minimum absolute atomic E-state index is 0.0333. The largest absolute Gasteiger partial charge is 0.375 e. The molecule has 9 heteroatoms. The highest BCUT2D eigenvalue weighted by molar-refractivity contribution is 5.92. The fraction of sp³-hybridized carbons (Fsp3) is 0.778. The van der Waals surface area contributed by atoms with Crippen LogP contribution in [-0.4, -0.2) is 89.1 Å². The number of methoxy groups -OCH3 is 1.